The second-order valence-electron chi connectivity index (χ2n) is 2.13. The Morgan fingerprint density at radius 2 is 2.45 bits per heavy atom. The summed E-state index contributed by atoms with van der Waals surface area (Å²) >= 11 is 1.65. The third kappa shape index (κ3) is 1.46. The molecule has 2 aromatic heterocycles. The van der Waals surface area contributed by atoms with Crippen molar-refractivity contribution in [2.45, 2.75) is 6.54 Å². The Labute approximate surface area is 68.3 Å². The smallest absolute Gasteiger partial charge is 0.114 e. The second kappa shape index (κ2) is 2.84. The highest BCUT2D eigenvalue weighted by Gasteiger charge is 1.95. The standard InChI is InChI=1S/C7H7N3S/c1-2-9-10(4-1)6-7-8-3-5-11-7/h1-5H,6H2. The molecule has 11 heavy (non-hydrogen) atoms. The quantitative estimate of drug-likeness (QED) is 0.673. The first kappa shape index (κ1) is 6.54. The van der Waals surface area contributed by atoms with E-state index in [4.69, 9.17) is 0 Å². The SMILES string of the molecule is c1cnn(Cc2nccs2)c1. The average molecular weight is 165 g/mol. The van der Waals surface area contributed by atoms with Gasteiger partial charge in [-0.2, -0.15) is 5.10 Å². The predicted molar refractivity (Wildman–Crippen MR) is 43.4 cm³/mol. The summed E-state index contributed by atoms with van der Waals surface area (Å²) in [5, 5.41) is 7.14. The molecule has 56 valence electrons. The highest BCUT2D eigenvalue weighted by atomic mass is 32.1. The van der Waals surface area contributed by atoms with Gasteiger partial charge in [0.2, 0.25) is 0 Å². The molecule has 0 radical (unpaired) electrons. The van der Waals surface area contributed by atoms with Crippen LogP contribution in [-0.4, -0.2) is 14.8 Å². The largest absolute Gasteiger partial charge is 0.266 e. The molecule has 0 N–H and O–H groups in total. The maximum absolute atomic E-state index is 4.15. The van der Waals surface area contributed by atoms with Crippen LogP contribution in [0.3, 0.4) is 0 Å². The number of hydrogen-bond donors (Lipinski definition) is 0. The summed E-state index contributed by atoms with van der Waals surface area (Å²) in [4.78, 5) is 4.15. The van der Waals surface area contributed by atoms with Gasteiger partial charge in [-0.05, 0) is 6.07 Å². The number of hydrogen-bond acceptors (Lipinski definition) is 3. The van der Waals surface area contributed by atoms with E-state index in [1.807, 2.05) is 28.5 Å². The van der Waals surface area contributed by atoms with Crippen LogP contribution in [0.5, 0.6) is 0 Å². The summed E-state index contributed by atoms with van der Waals surface area (Å²) in [6, 6.07) is 1.91. The van der Waals surface area contributed by atoms with Crippen molar-refractivity contribution in [3.63, 3.8) is 0 Å². The average Bonchev–Trinajstić information content (AvgIpc) is 2.60. The minimum atomic E-state index is 0.782. The van der Waals surface area contributed by atoms with Crippen LogP contribution < -0.4 is 0 Å². The van der Waals surface area contributed by atoms with Crippen molar-refractivity contribution < 1.29 is 0 Å². The zero-order valence-electron chi connectivity index (χ0n) is 5.84. The minimum Gasteiger partial charge on any atom is -0.266 e. The van der Waals surface area contributed by atoms with Gasteiger partial charge in [0, 0.05) is 24.0 Å². The molecule has 0 unspecified atom stereocenters. The van der Waals surface area contributed by atoms with Crippen LogP contribution in [0.1, 0.15) is 5.01 Å². The number of aromatic nitrogens is 3. The van der Waals surface area contributed by atoms with E-state index in [0.29, 0.717) is 0 Å². The summed E-state index contributed by atoms with van der Waals surface area (Å²) in [5.41, 5.74) is 0. The Morgan fingerprint density at radius 3 is 3.09 bits per heavy atom. The van der Waals surface area contributed by atoms with Crippen molar-refractivity contribution in [1.82, 2.24) is 14.8 Å². The first-order valence-corrected chi connectivity index (χ1v) is 4.19. The first-order chi connectivity index (χ1) is 5.45. The van der Waals surface area contributed by atoms with Crippen LogP contribution in [-0.2, 0) is 6.54 Å². The summed E-state index contributed by atoms with van der Waals surface area (Å²) in [6.07, 6.45) is 5.51. The Hall–Kier alpha value is -1.16. The molecule has 0 spiro atoms. The molecule has 0 aliphatic carbocycles. The Bertz CT molecular complexity index is 266. The van der Waals surface area contributed by atoms with Crippen molar-refractivity contribution in [1.29, 1.82) is 0 Å². The van der Waals surface area contributed by atoms with Crippen LogP contribution in [0.4, 0.5) is 0 Å². The lowest BCUT2D eigenvalue weighted by Crippen LogP contribution is -1.98. The van der Waals surface area contributed by atoms with Crippen LogP contribution in [0.15, 0.2) is 30.0 Å². The lowest BCUT2D eigenvalue weighted by atomic mass is 10.6. The van der Waals surface area contributed by atoms with Crippen LogP contribution in [0, 0.1) is 0 Å². The summed E-state index contributed by atoms with van der Waals surface area (Å²) in [6.45, 7) is 0.782. The van der Waals surface area contributed by atoms with E-state index in [1.165, 1.54) is 0 Å². The lowest BCUT2D eigenvalue weighted by Gasteiger charge is -1.94. The van der Waals surface area contributed by atoms with E-state index < -0.39 is 0 Å². The van der Waals surface area contributed by atoms with E-state index in [0.717, 1.165) is 11.6 Å². The number of rotatable bonds is 2. The highest BCUT2D eigenvalue weighted by Crippen LogP contribution is 2.04. The third-order valence-electron chi connectivity index (χ3n) is 1.34. The highest BCUT2D eigenvalue weighted by molar-refractivity contribution is 7.09. The normalized spacial score (nSPS) is 10.2. The topological polar surface area (TPSA) is 30.7 Å². The van der Waals surface area contributed by atoms with Gasteiger partial charge in [0.25, 0.3) is 0 Å². The van der Waals surface area contributed by atoms with Gasteiger partial charge in [0.05, 0.1) is 6.54 Å². The minimum absolute atomic E-state index is 0.782. The molecule has 0 saturated heterocycles. The van der Waals surface area contributed by atoms with Crippen molar-refractivity contribution in [3.8, 4) is 0 Å². The molecule has 0 bridgehead atoms. The molecule has 0 aliphatic rings. The van der Waals surface area contributed by atoms with Gasteiger partial charge in [-0.1, -0.05) is 0 Å². The van der Waals surface area contributed by atoms with Crippen LogP contribution >= 0.6 is 11.3 Å². The van der Waals surface area contributed by atoms with Gasteiger partial charge in [0.1, 0.15) is 5.01 Å². The van der Waals surface area contributed by atoms with E-state index >= 15 is 0 Å². The molecule has 0 saturated carbocycles. The molecule has 2 heterocycles. The van der Waals surface area contributed by atoms with Crippen molar-refractivity contribution in [2.75, 3.05) is 0 Å². The zero-order valence-corrected chi connectivity index (χ0v) is 6.66. The van der Waals surface area contributed by atoms with Gasteiger partial charge in [0.15, 0.2) is 0 Å². The summed E-state index contributed by atoms with van der Waals surface area (Å²) in [5.74, 6) is 0. The molecule has 2 aromatic rings. The van der Waals surface area contributed by atoms with Gasteiger partial charge >= 0.3 is 0 Å². The monoisotopic (exact) mass is 165 g/mol. The zero-order chi connectivity index (χ0) is 7.52. The molecule has 2 rings (SSSR count). The fourth-order valence-electron chi connectivity index (χ4n) is 0.864. The van der Waals surface area contributed by atoms with Crippen LogP contribution in [0.2, 0.25) is 0 Å². The Balaban J connectivity index is 2.14. The van der Waals surface area contributed by atoms with E-state index in [-0.39, 0.29) is 0 Å². The fourth-order valence-corrected chi connectivity index (χ4v) is 1.47. The molecule has 3 nitrogen and oxygen atoms in total. The molecule has 0 aliphatic heterocycles. The van der Waals surface area contributed by atoms with E-state index in [2.05, 4.69) is 10.1 Å². The molecular formula is C7H7N3S. The van der Waals surface area contributed by atoms with Crippen molar-refractivity contribution in [3.05, 3.63) is 35.0 Å². The van der Waals surface area contributed by atoms with Gasteiger partial charge in [-0.25, -0.2) is 4.98 Å². The van der Waals surface area contributed by atoms with Gasteiger partial charge in [-0.3, -0.25) is 4.68 Å². The summed E-state index contributed by atoms with van der Waals surface area (Å²) in [7, 11) is 0. The Morgan fingerprint density at radius 1 is 1.45 bits per heavy atom. The molecule has 4 heteroatoms. The number of thiazole rings is 1. The van der Waals surface area contributed by atoms with E-state index in [9.17, 15) is 0 Å². The molecule has 0 fully saturated rings. The molecule has 0 atom stereocenters. The van der Waals surface area contributed by atoms with E-state index in [1.54, 1.807) is 17.5 Å². The van der Waals surface area contributed by atoms with Gasteiger partial charge < -0.3 is 0 Å². The van der Waals surface area contributed by atoms with Crippen LogP contribution in [0.25, 0.3) is 0 Å². The van der Waals surface area contributed by atoms with Crippen molar-refractivity contribution >= 4 is 11.3 Å². The maximum Gasteiger partial charge on any atom is 0.114 e. The maximum atomic E-state index is 4.15. The number of nitrogens with zero attached hydrogens (tertiary/aromatic N) is 3. The molecule has 0 amide bonds. The predicted octanol–water partition coefficient (Wildman–Crippen LogP) is 1.39. The third-order valence-corrected chi connectivity index (χ3v) is 2.10. The Kier molecular flexibility index (Phi) is 1.69. The molecule has 0 aromatic carbocycles. The fraction of sp³-hybridized carbons (Fsp3) is 0.143. The first-order valence-electron chi connectivity index (χ1n) is 3.31. The van der Waals surface area contributed by atoms with Crippen molar-refractivity contribution in [2.24, 2.45) is 0 Å². The lowest BCUT2D eigenvalue weighted by molar-refractivity contribution is 0.683. The molecular weight excluding hydrogens is 158 g/mol. The summed E-state index contributed by atoms with van der Waals surface area (Å²) < 4.78 is 1.86. The second-order valence-corrected chi connectivity index (χ2v) is 3.11. The van der Waals surface area contributed by atoms with Gasteiger partial charge in [-0.15, -0.1) is 11.3 Å².